The monoisotopic (exact) mass is 447 g/mol. The Hall–Kier alpha value is -4.02. The molecule has 0 saturated carbocycles. The molecule has 11 heteroatoms. The van der Waals surface area contributed by atoms with E-state index < -0.39 is 23.5 Å². The van der Waals surface area contributed by atoms with Gasteiger partial charge in [-0.2, -0.15) is 13.2 Å². The second-order valence-corrected chi connectivity index (χ2v) is 6.53. The normalized spacial score (nSPS) is 11.8. The number of amides is 1. The summed E-state index contributed by atoms with van der Waals surface area (Å²) in [6.45, 7) is 0. The van der Waals surface area contributed by atoms with Crippen LogP contribution >= 0.6 is 0 Å². The molecule has 0 bridgehead atoms. The van der Waals surface area contributed by atoms with Crippen LogP contribution in [0.15, 0.2) is 55.1 Å². The van der Waals surface area contributed by atoms with Gasteiger partial charge in [-0.1, -0.05) is 6.07 Å². The molecule has 2 aromatic heterocycles. The smallest absolute Gasteiger partial charge is 0.419 e. The van der Waals surface area contributed by atoms with Crippen molar-refractivity contribution in [2.45, 2.75) is 12.6 Å². The van der Waals surface area contributed by atoms with Crippen molar-refractivity contribution in [3.8, 4) is 5.88 Å². The van der Waals surface area contributed by atoms with Crippen LogP contribution in [0.1, 0.15) is 22.5 Å². The van der Waals surface area contributed by atoms with Crippen molar-refractivity contribution < 1.29 is 27.1 Å². The van der Waals surface area contributed by atoms with E-state index >= 15 is 0 Å². The second-order valence-electron chi connectivity index (χ2n) is 6.53. The van der Waals surface area contributed by atoms with E-state index in [0.717, 1.165) is 18.3 Å². The minimum Gasteiger partial charge on any atom is -0.481 e. The zero-order valence-electron chi connectivity index (χ0n) is 16.7. The van der Waals surface area contributed by atoms with Gasteiger partial charge in [0.1, 0.15) is 5.82 Å². The Kier molecular flexibility index (Phi) is 6.67. The van der Waals surface area contributed by atoms with Crippen molar-refractivity contribution >= 4 is 17.2 Å². The summed E-state index contributed by atoms with van der Waals surface area (Å²) >= 11 is 0. The third-order valence-electron chi connectivity index (χ3n) is 4.31. The Morgan fingerprint density at radius 2 is 1.81 bits per heavy atom. The first-order valence-electron chi connectivity index (χ1n) is 9.11. The summed E-state index contributed by atoms with van der Waals surface area (Å²) in [5, 5.41) is 2.60. The first kappa shape index (κ1) is 22.7. The van der Waals surface area contributed by atoms with Crippen LogP contribution in [0.5, 0.6) is 5.88 Å². The summed E-state index contributed by atoms with van der Waals surface area (Å²) in [4.78, 5) is 24.6. The molecule has 0 aliphatic carbocycles. The van der Waals surface area contributed by atoms with Crippen LogP contribution in [-0.4, -0.2) is 28.0 Å². The SMILES string of the molecule is COc1ccc(NC(=O)/C(=C/N)c2ncc(Cc3ccc(F)c(C(F)(F)F)c3)cn2)cn1. The molecule has 0 unspecified atom stereocenters. The first-order valence-corrected chi connectivity index (χ1v) is 9.11. The van der Waals surface area contributed by atoms with Gasteiger partial charge in [-0.15, -0.1) is 0 Å². The fraction of sp³-hybridized carbons (Fsp3) is 0.143. The number of hydrogen-bond acceptors (Lipinski definition) is 6. The van der Waals surface area contributed by atoms with Gasteiger partial charge in [0.05, 0.1) is 30.1 Å². The predicted octanol–water partition coefficient (Wildman–Crippen LogP) is 3.57. The van der Waals surface area contributed by atoms with Crippen LogP contribution in [0.25, 0.3) is 5.57 Å². The van der Waals surface area contributed by atoms with Crippen LogP contribution in [0.2, 0.25) is 0 Å². The average Bonchev–Trinajstić information content (AvgIpc) is 2.76. The third kappa shape index (κ3) is 5.36. The highest BCUT2D eigenvalue weighted by Crippen LogP contribution is 2.32. The van der Waals surface area contributed by atoms with Crippen molar-refractivity contribution in [3.63, 3.8) is 0 Å². The summed E-state index contributed by atoms with van der Waals surface area (Å²) in [6.07, 6.45) is 0.377. The fourth-order valence-corrected chi connectivity index (χ4v) is 2.75. The van der Waals surface area contributed by atoms with Crippen LogP contribution in [0.4, 0.5) is 23.2 Å². The molecule has 1 aromatic carbocycles. The molecule has 3 rings (SSSR count). The maximum atomic E-state index is 13.4. The lowest BCUT2D eigenvalue weighted by Gasteiger charge is -2.10. The van der Waals surface area contributed by atoms with E-state index in [2.05, 4.69) is 20.3 Å². The Labute approximate surface area is 180 Å². The number of alkyl halides is 3. The molecule has 1 amide bonds. The van der Waals surface area contributed by atoms with Gasteiger partial charge in [-0.3, -0.25) is 4.79 Å². The van der Waals surface area contributed by atoms with E-state index in [1.165, 1.54) is 31.8 Å². The largest absolute Gasteiger partial charge is 0.481 e. The van der Waals surface area contributed by atoms with Gasteiger partial charge in [0.2, 0.25) is 5.88 Å². The number of carbonyl (C=O) groups excluding carboxylic acids is 1. The Bertz CT molecular complexity index is 1130. The third-order valence-corrected chi connectivity index (χ3v) is 4.31. The van der Waals surface area contributed by atoms with Gasteiger partial charge in [0, 0.05) is 31.1 Å². The number of rotatable bonds is 6. The maximum absolute atomic E-state index is 13.4. The molecular weight excluding hydrogens is 430 g/mol. The number of hydrogen-bond donors (Lipinski definition) is 2. The van der Waals surface area contributed by atoms with E-state index in [9.17, 15) is 22.4 Å². The summed E-state index contributed by atoms with van der Waals surface area (Å²) in [6, 6.07) is 5.90. The number of ether oxygens (including phenoxy) is 1. The number of pyridine rings is 1. The second kappa shape index (κ2) is 9.41. The number of halogens is 4. The Balaban J connectivity index is 1.73. The minimum absolute atomic E-state index is 0.0188. The molecule has 0 atom stereocenters. The van der Waals surface area contributed by atoms with Crippen LogP contribution < -0.4 is 15.8 Å². The summed E-state index contributed by atoms with van der Waals surface area (Å²) in [5.74, 6) is -1.53. The van der Waals surface area contributed by atoms with E-state index in [-0.39, 0.29) is 23.4 Å². The number of benzene rings is 1. The Morgan fingerprint density at radius 1 is 1.09 bits per heavy atom. The van der Waals surface area contributed by atoms with Gasteiger partial charge in [-0.25, -0.2) is 19.3 Å². The summed E-state index contributed by atoms with van der Waals surface area (Å²) in [7, 11) is 1.46. The molecular formula is C21H17F4N5O2. The summed E-state index contributed by atoms with van der Waals surface area (Å²) < 4.78 is 57.1. The topological polar surface area (TPSA) is 103 Å². The summed E-state index contributed by atoms with van der Waals surface area (Å²) in [5.41, 5.74) is 5.28. The molecule has 3 N–H and O–H groups in total. The van der Waals surface area contributed by atoms with Gasteiger partial charge < -0.3 is 15.8 Å². The lowest BCUT2D eigenvalue weighted by molar-refractivity contribution is -0.140. The van der Waals surface area contributed by atoms with Crippen molar-refractivity contribution in [1.29, 1.82) is 0 Å². The van der Waals surface area contributed by atoms with E-state index in [1.54, 1.807) is 12.1 Å². The lowest BCUT2D eigenvalue weighted by atomic mass is 10.0. The minimum atomic E-state index is -4.80. The number of nitrogens with two attached hydrogens (primary N) is 1. The number of methoxy groups -OCH3 is 1. The number of anilines is 1. The highest BCUT2D eigenvalue weighted by Gasteiger charge is 2.34. The molecule has 166 valence electrons. The van der Waals surface area contributed by atoms with Gasteiger partial charge in [0.15, 0.2) is 5.82 Å². The average molecular weight is 447 g/mol. The standard InChI is InChI=1S/C21H17F4N5O2/c1-32-18-5-3-14(11-27-18)30-20(31)15(8-26)19-28-9-13(10-29-19)6-12-2-4-17(22)16(7-12)21(23,24)25/h2-5,7-11H,6,26H2,1H3,(H,30,31)/b15-8+. The number of aromatic nitrogens is 3. The number of nitrogens with one attached hydrogen (secondary N) is 1. The van der Waals surface area contributed by atoms with Crippen LogP contribution in [0, 0.1) is 5.82 Å². The molecule has 32 heavy (non-hydrogen) atoms. The highest BCUT2D eigenvalue weighted by atomic mass is 19.4. The van der Waals surface area contributed by atoms with Crippen molar-refractivity contribution in [2.75, 3.05) is 12.4 Å². The molecule has 3 aromatic rings. The zero-order chi connectivity index (χ0) is 23.3. The highest BCUT2D eigenvalue weighted by molar-refractivity contribution is 6.24. The molecule has 0 saturated heterocycles. The lowest BCUT2D eigenvalue weighted by Crippen LogP contribution is -2.16. The van der Waals surface area contributed by atoms with Crippen molar-refractivity contribution in [2.24, 2.45) is 5.73 Å². The van der Waals surface area contributed by atoms with E-state index in [1.807, 2.05) is 0 Å². The fourth-order valence-electron chi connectivity index (χ4n) is 2.75. The Morgan fingerprint density at radius 3 is 2.38 bits per heavy atom. The quantitative estimate of drug-likeness (QED) is 0.443. The number of nitrogens with zero attached hydrogens (tertiary/aromatic N) is 3. The van der Waals surface area contributed by atoms with E-state index in [4.69, 9.17) is 10.5 Å². The van der Waals surface area contributed by atoms with Crippen molar-refractivity contribution in [1.82, 2.24) is 15.0 Å². The first-order chi connectivity index (χ1) is 15.2. The zero-order valence-corrected chi connectivity index (χ0v) is 16.7. The van der Waals surface area contributed by atoms with Crippen molar-refractivity contribution in [3.05, 3.63) is 83.5 Å². The molecule has 0 fully saturated rings. The molecule has 0 aliphatic rings. The molecule has 0 radical (unpaired) electrons. The molecule has 0 aliphatic heterocycles. The molecule has 0 spiro atoms. The van der Waals surface area contributed by atoms with Crippen LogP contribution in [0.3, 0.4) is 0 Å². The predicted molar refractivity (Wildman–Crippen MR) is 108 cm³/mol. The molecule has 2 heterocycles. The van der Waals surface area contributed by atoms with Gasteiger partial charge >= 0.3 is 6.18 Å². The maximum Gasteiger partial charge on any atom is 0.419 e. The van der Waals surface area contributed by atoms with Gasteiger partial charge in [0.25, 0.3) is 5.91 Å². The van der Waals surface area contributed by atoms with E-state index in [0.29, 0.717) is 17.1 Å². The van der Waals surface area contributed by atoms with Crippen LogP contribution in [-0.2, 0) is 17.4 Å². The molecule has 7 nitrogen and oxygen atoms in total. The van der Waals surface area contributed by atoms with Gasteiger partial charge in [-0.05, 0) is 29.3 Å². The number of carbonyl (C=O) groups is 1.